The largest absolute Gasteiger partial charge is 0.453 e. The lowest BCUT2D eigenvalue weighted by Crippen LogP contribution is -2.19. The van der Waals surface area contributed by atoms with Gasteiger partial charge in [0.05, 0.1) is 45.2 Å². The van der Waals surface area contributed by atoms with Crippen molar-refractivity contribution in [2.75, 3.05) is 9.80 Å². The maximum atomic E-state index is 6.44. The average Bonchev–Trinajstić information content (AvgIpc) is 3.68. The number of fused-ring (bicyclic) bond motifs is 10. The molecule has 0 amide bonds. The van der Waals surface area contributed by atoms with E-state index in [0.717, 1.165) is 68.3 Å². The number of benzene rings is 5. The van der Waals surface area contributed by atoms with Gasteiger partial charge in [-0.1, -0.05) is 60.3 Å². The van der Waals surface area contributed by atoms with Crippen molar-refractivity contribution in [2.45, 2.75) is 23.6 Å². The van der Waals surface area contributed by atoms with Crippen molar-refractivity contribution in [3.8, 4) is 11.5 Å². The lowest BCUT2D eigenvalue weighted by Gasteiger charge is -2.36. The summed E-state index contributed by atoms with van der Waals surface area (Å²) >= 11 is 1.80. The molecule has 0 saturated carbocycles. The molecule has 46 heavy (non-hydrogen) atoms. The Kier molecular flexibility index (Phi) is 5.16. The molecule has 0 fully saturated rings. The van der Waals surface area contributed by atoms with E-state index in [0.29, 0.717) is 11.3 Å². The first kappa shape index (κ1) is 25.5. The van der Waals surface area contributed by atoms with Gasteiger partial charge in [-0.2, -0.15) is 0 Å². The number of nitrogens with zero attached hydrogens (tertiary/aromatic N) is 8. The highest BCUT2D eigenvalue weighted by Crippen LogP contribution is 2.55. The van der Waals surface area contributed by atoms with Gasteiger partial charge in [0.15, 0.2) is 11.5 Å². The molecule has 0 aliphatic carbocycles. The van der Waals surface area contributed by atoms with Crippen LogP contribution in [0.1, 0.15) is 11.6 Å². The summed E-state index contributed by atoms with van der Waals surface area (Å²) in [7, 11) is 0. The van der Waals surface area contributed by atoms with Crippen molar-refractivity contribution in [1.82, 2.24) is 29.2 Å². The zero-order valence-corrected chi connectivity index (χ0v) is 25.6. The average molecular weight is 617 g/mol. The fourth-order valence-electron chi connectivity index (χ4n) is 6.81. The van der Waals surface area contributed by atoms with E-state index >= 15 is 0 Å². The van der Waals surface area contributed by atoms with Gasteiger partial charge < -0.3 is 14.5 Å². The summed E-state index contributed by atoms with van der Waals surface area (Å²) in [6, 6.07) is 38.0. The minimum absolute atomic E-state index is 0.652. The zero-order chi connectivity index (χ0) is 30.5. The molecule has 2 aliphatic rings. The first-order chi connectivity index (χ1) is 22.7. The highest BCUT2D eigenvalue weighted by atomic mass is 32.2. The predicted octanol–water partition coefficient (Wildman–Crippen LogP) is 9.05. The molecule has 0 unspecified atom stereocenters. The minimum Gasteiger partial charge on any atom is -0.453 e. The summed E-state index contributed by atoms with van der Waals surface area (Å²) < 4.78 is 10.6. The van der Waals surface area contributed by atoms with Crippen molar-refractivity contribution in [3.05, 3.63) is 121 Å². The van der Waals surface area contributed by atoms with Crippen LogP contribution in [0.2, 0.25) is 0 Å². The topological polar surface area (TPSA) is 76.1 Å². The summed E-state index contributed by atoms with van der Waals surface area (Å²) in [5.41, 5.74) is 9.27. The summed E-state index contributed by atoms with van der Waals surface area (Å²) in [6.07, 6.45) is 0. The highest BCUT2D eigenvalue weighted by molar-refractivity contribution is 7.99. The molecule has 3 aromatic heterocycles. The van der Waals surface area contributed by atoms with Gasteiger partial charge in [-0.3, -0.25) is 8.80 Å². The molecule has 0 spiro atoms. The minimum atomic E-state index is 0.652. The lowest BCUT2D eigenvalue weighted by molar-refractivity contribution is 0.477. The Morgan fingerprint density at radius 1 is 0.522 bits per heavy atom. The first-order valence-corrected chi connectivity index (χ1v) is 15.8. The van der Waals surface area contributed by atoms with Crippen LogP contribution in [0, 0.1) is 13.8 Å². The maximum Gasteiger partial charge on any atom is 0.207 e. The van der Waals surface area contributed by atoms with Crippen LogP contribution in [0.4, 0.5) is 34.1 Å². The fraction of sp³-hybridized carbons (Fsp3) is 0.0556. The van der Waals surface area contributed by atoms with Gasteiger partial charge in [-0.15, -0.1) is 20.4 Å². The van der Waals surface area contributed by atoms with Crippen LogP contribution >= 0.6 is 11.8 Å². The Morgan fingerprint density at radius 3 is 1.67 bits per heavy atom. The number of ether oxygens (including phenoxy) is 1. The van der Waals surface area contributed by atoms with Gasteiger partial charge in [0.2, 0.25) is 11.3 Å². The van der Waals surface area contributed by atoms with E-state index in [1.54, 1.807) is 11.8 Å². The number of hydrogen-bond donors (Lipinski definition) is 0. The van der Waals surface area contributed by atoms with Crippen molar-refractivity contribution in [2.24, 2.45) is 0 Å². The van der Waals surface area contributed by atoms with Crippen molar-refractivity contribution < 1.29 is 4.74 Å². The van der Waals surface area contributed by atoms with E-state index in [2.05, 4.69) is 112 Å². The van der Waals surface area contributed by atoms with Crippen molar-refractivity contribution in [1.29, 1.82) is 0 Å². The molecule has 9 nitrogen and oxygen atoms in total. The van der Waals surface area contributed by atoms with E-state index in [-0.39, 0.29) is 0 Å². The Labute approximate surface area is 267 Å². The first-order valence-electron chi connectivity index (χ1n) is 15.0. The third-order valence-corrected chi connectivity index (χ3v) is 9.86. The molecule has 220 valence electrons. The summed E-state index contributed by atoms with van der Waals surface area (Å²) in [5.74, 6) is 3.09. The van der Waals surface area contributed by atoms with Gasteiger partial charge in [-0.25, -0.2) is 0 Å². The molecule has 0 bridgehead atoms. The molecule has 10 rings (SSSR count). The Balaban J connectivity index is 1.40. The van der Waals surface area contributed by atoms with Gasteiger partial charge in [0.25, 0.3) is 0 Å². The number of aromatic nitrogens is 6. The van der Waals surface area contributed by atoms with Crippen LogP contribution in [0.5, 0.6) is 11.5 Å². The second-order valence-electron chi connectivity index (χ2n) is 11.4. The van der Waals surface area contributed by atoms with Crippen LogP contribution in [-0.2, 0) is 0 Å². The van der Waals surface area contributed by atoms with Gasteiger partial charge in [0.1, 0.15) is 11.6 Å². The quantitative estimate of drug-likeness (QED) is 0.190. The van der Waals surface area contributed by atoms with E-state index in [9.17, 15) is 0 Å². The molecule has 5 heterocycles. The molecule has 2 aliphatic heterocycles. The van der Waals surface area contributed by atoms with Crippen LogP contribution in [0.15, 0.2) is 119 Å². The van der Waals surface area contributed by atoms with Crippen molar-refractivity contribution >= 4 is 68.2 Å². The van der Waals surface area contributed by atoms with Gasteiger partial charge >= 0.3 is 0 Å². The second kappa shape index (κ2) is 9.32. The SMILES string of the molecule is Cc1nnc2c3nnc(C)n3c3c(N4c5ccccc5Oc5ccccc54)cc(N4c5ccccc5Sc5ccccc54)cc3n12. The van der Waals surface area contributed by atoms with E-state index < -0.39 is 0 Å². The number of rotatable bonds is 2. The number of para-hydroxylation sites is 6. The monoisotopic (exact) mass is 616 g/mol. The summed E-state index contributed by atoms with van der Waals surface area (Å²) in [5, 5.41) is 18.2. The molecule has 0 saturated heterocycles. The van der Waals surface area contributed by atoms with Crippen LogP contribution in [-0.4, -0.2) is 29.2 Å². The molecule has 5 aromatic carbocycles. The van der Waals surface area contributed by atoms with Crippen molar-refractivity contribution in [3.63, 3.8) is 0 Å². The van der Waals surface area contributed by atoms with Crippen LogP contribution in [0.3, 0.4) is 0 Å². The third-order valence-electron chi connectivity index (χ3n) is 8.73. The molecule has 8 aromatic rings. The Bertz CT molecular complexity index is 2460. The number of anilines is 6. The molecular formula is C36H24N8OS. The molecule has 0 N–H and O–H groups in total. The van der Waals surface area contributed by atoms with E-state index in [1.807, 2.05) is 50.2 Å². The standard InChI is InChI=1S/C36H24N8OS/c1-21-37-39-35-36-40-38-22(2)42(36)34-28(41(21)35)19-23(43-26-13-5-9-17-32(26)46-33-18-10-6-14-27(33)43)20-29(34)44-24-11-3-7-15-30(24)45-31-16-8-4-12-25(31)44/h3-20H,1-2H3. The smallest absolute Gasteiger partial charge is 0.207 e. The van der Waals surface area contributed by atoms with Gasteiger partial charge in [0, 0.05) is 9.79 Å². The van der Waals surface area contributed by atoms with Gasteiger partial charge in [-0.05, 0) is 74.5 Å². The fourth-order valence-corrected chi connectivity index (χ4v) is 7.86. The number of aryl methyl sites for hydroxylation is 2. The summed E-state index contributed by atoms with van der Waals surface area (Å²) in [4.78, 5) is 7.04. The Hall–Kier alpha value is -5.87. The maximum absolute atomic E-state index is 6.44. The van der Waals surface area contributed by atoms with Crippen LogP contribution < -0.4 is 14.5 Å². The normalized spacial score (nSPS) is 13.4. The summed E-state index contributed by atoms with van der Waals surface area (Å²) in [6.45, 7) is 3.96. The van der Waals surface area contributed by atoms with Crippen LogP contribution in [0.25, 0.3) is 22.3 Å². The molecular weight excluding hydrogens is 593 g/mol. The predicted molar refractivity (Wildman–Crippen MR) is 180 cm³/mol. The second-order valence-corrected chi connectivity index (χ2v) is 12.5. The van der Waals surface area contributed by atoms with E-state index in [4.69, 9.17) is 4.74 Å². The lowest BCUT2D eigenvalue weighted by atomic mass is 10.1. The zero-order valence-electron chi connectivity index (χ0n) is 24.8. The molecule has 0 atom stereocenters. The highest BCUT2D eigenvalue weighted by Gasteiger charge is 2.32. The molecule has 0 radical (unpaired) electrons. The van der Waals surface area contributed by atoms with E-state index in [1.165, 1.54) is 9.79 Å². The Morgan fingerprint density at radius 2 is 1.04 bits per heavy atom. The molecule has 10 heteroatoms. The number of hydrogen-bond acceptors (Lipinski definition) is 8. The third kappa shape index (κ3) is 3.41.